The summed E-state index contributed by atoms with van der Waals surface area (Å²) in [6, 6.07) is 3.99. The van der Waals surface area contributed by atoms with Gasteiger partial charge >= 0.3 is 6.18 Å². The molecule has 27 heavy (non-hydrogen) atoms. The van der Waals surface area contributed by atoms with Crippen molar-refractivity contribution in [2.75, 3.05) is 11.9 Å². The van der Waals surface area contributed by atoms with E-state index in [-0.39, 0.29) is 6.61 Å². The van der Waals surface area contributed by atoms with Gasteiger partial charge in [0.2, 0.25) is 5.88 Å². The predicted molar refractivity (Wildman–Crippen MR) is 92.6 cm³/mol. The van der Waals surface area contributed by atoms with Crippen molar-refractivity contribution in [2.24, 2.45) is 0 Å². The van der Waals surface area contributed by atoms with Gasteiger partial charge in [0.25, 0.3) is 5.78 Å². The first-order chi connectivity index (χ1) is 12.7. The minimum absolute atomic E-state index is 0.0485. The highest BCUT2D eigenvalue weighted by molar-refractivity contribution is 5.46. The molecule has 3 heterocycles. The molecule has 0 saturated carbocycles. The van der Waals surface area contributed by atoms with Crippen LogP contribution in [0.1, 0.15) is 32.0 Å². The summed E-state index contributed by atoms with van der Waals surface area (Å²) in [5.74, 6) is 0.618. The third-order valence-electron chi connectivity index (χ3n) is 3.78. The average Bonchev–Trinajstić information content (AvgIpc) is 3.08. The van der Waals surface area contributed by atoms with Crippen LogP contribution in [-0.4, -0.2) is 36.7 Å². The Hall–Kier alpha value is -2.91. The lowest BCUT2D eigenvalue weighted by atomic mass is 10.1. The smallest absolute Gasteiger partial charge is 0.421 e. The van der Waals surface area contributed by atoms with E-state index in [1.807, 2.05) is 13.0 Å². The Labute approximate surface area is 153 Å². The molecule has 10 heteroatoms. The predicted octanol–water partition coefficient (Wildman–Crippen LogP) is 3.37. The Kier molecular flexibility index (Phi) is 4.90. The summed E-state index contributed by atoms with van der Waals surface area (Å²) in [4.78, 5) is 12.2. The molecule has 0 amide bonds. The minimum atomic E-state index is -4.53. The van der Waals surface area contributed by atoms with Crippen LogP contribution in [0.5, 0.6) is 5.88 Å². The van der Waals surface area contributed by atoms with Gasteiger partial charge in [-0.25, -0.2) is 9.97 Å². The van der Waals surface area contributed by atoms with Crippen molar-refractivity contribution in [2.45, 2.75) is 38.9 Å². The van der Waals surface area contributed by atoms with Crippen molar-refractivity contribution < 1.29 is 17.9 Å². The second-order valence-corrected chi connectivity index (χ2v) is 6.61. The maximum atomic E-state index is 13.1. The summed E-state index contributed by atoms with van der Waals surface area (Å²) in [5, 5.41) is 7.36. The van der Waals surface area contributed by atoms with E-state index in [1.54, 1.807) is 13.8 Å². The van der Waals surface area contributed by atoms with Gasteiger partial charge < -0.3 is 10.1 Å². The van der Waals surface area contributed by atoms with Gasteiger partial charge in [-0.05, 0) is 32.4 Å². The van der Waals surface area contributed by atoms with Crippen LogP contribution in [0.2, 0.25) is 0 Å². The van der Waals surface area contributed by atoms with E-state index in [9.17, 15) is 13.2 Å². The highest BCUT2D eigenvalue weighted by atomic mass is 19.4. The van der Waals surface area contributed by atoms with Crippen molar-refractivity contribution in [1.82, 2.24) is 24.6 Å². The van der Waals surface area contributed by atoms with E-state index in [2.05, 4.69) is 25.4 Å². The minimum Gasteiger partial charge on any atom is -0.475 e. The van der Waals surface area contributed by atoms with Crippen molar-refractivity contribution in [1.29, 1.82) is 0 Å². The monoisotopic (exact) mass is 380 g/mol. The van der Waals surface area contributed by atoms with Crippen molar-refractivity contribution >= 4 is 11.6 Å². The number of hydrogen-bond acceptors (Lipinski definition) is 6. The molecule has 7 nitrogen and oxygen atoms in total. The Morgan fingerprint density at radius 2 is 2.00 bits per heavy atom. The lowest BCUT2D eigenvalue weighted by Crippen LogP contribution is -2.39. The van der Waals surface area contributed by atoms with E-state index in [0.717, 1.165) is 11.8 Å². The van der Waals surface area contributed by atoms with Crippen LogP contribution < -0.4 is 10.1 Å². The quantitative estimate of drug-likeness (QED) is 0.707. The van der Waals surface area contributed by atoms with Crippen molar-refractivity contribution in [3.05, 3.63) is 42.0 Å². The zero-order chi connectivity index (χ0) is 19.7. The maximum Gasteiger partial charge on any atom is 0.421 e. The van der Waals surface area contributed by atoms with Crippen LogP contribution in [-0.2, 0) is 12.6 Å². The van der Waals surface area contributed by atoms with Gasteiger partial charge in [0.05, 0.1) is 5.54 Å². The number of rotatable bonds is 6. The lowest BCUT2D eigenvalue weighted by molar-refractivity contribution is -0.139. The lowest BCUT2D eigenvalue weighted by Gasteiger charge is -2.28. The van der Waals surface area contributed by atoms with Gasteiger partial charge in [-0.15, -0.1) is 0 Å². The Morgan fingerprint density at radius 1 is 1.22 bits per heavy atom. The molecule has 0 aliphatic carbocycles. The molecule has 0 aromatic carbocycles. The SMILES string of the molecule is CCc1cc(NC(C)(C)COc2ncccc2C(F)(F)F)n2ncnc2n1. The summed E-state index contributed by atoms with van der Waals surface area (Å²) >= 11 is 0. The van der Waals surface area contributed by atoms with Crippen LogP contribution in [0.4, 0.5) is 19.0 Å². The molecular weight excluding hydrogens is 361 g/mol. The molecule has 0 saturated heterocycles. The number of hydrogen-bond donors (Lipinski definition) is 1. The normalized spacial score (nSPS) is 12.4. The first-order valence-electron chi connectivity index (χ1n) is 8.32. The average molecular weight is 380 g/mol. The topological polar surface area (TPSA) is 77.2 Å². The number of alkyl halides is 3. The van der Waals surface area contributed by atoms with Gasteiger partial charge in [-0.1, -0.05) is 6.92 Å². The molecule has 3 aromatic heterocycles. The molecule has 3 aromatic rings. The second-order valence-electron chi connectivity index (χ2n) is 6.61. The maximum absolute atomic E-state index is 13.1. The molecule has 0 atom stereocenters. The number of nitrogens with one attached hydrogen (secondary N) is 1. The van der Waals surface area contributed by atoms with Gasteiger partial charge in [-0.3, -0.25) is 0 Å². The third-order valence-corrected chi connectivity index (χ3v) is 3.78. The Bertz CT molecular complexity index is 938. The Balaban J connectivity index is 1.80. The zero-order valence-corrected chi connectivity index (χ0v) is 15.1. The summed E-state index contributed by atoms with van der Waals surface area (Å²) < 4.78 is 46.2. The van der Waals surface area contributed by atoms with E-state index in [0.29, 0.717) is 18.0 Å². The van der Waals surface area contributed by atoms with Crippen LogP contribution >= 0.6 is 0 Å². The molecule has 1 N–H and O–H groups in total. The Morgan fingerprint density at radius 3 is 2.70 bits per heavy atom. The van der Waals surface area contributed by atoms with Crippen LogP contribution in [0.25, 0.3) is 5.78 Å². The largest absolute Gasteiger partial charge is 0.475 e. The van der Waals surface area contributed by atoms with Gasteiger partial charge in [-0.2, -0.15) is 27.8 Å². The fraction of sp³-hybridized carbons (Fsp3) is 0.412. The van der Waals surface area contributed by atoms with Crippen LogP contribution in [0, 0.1) is 0 Å². The summed E-state index contributed by atoms with van der Waals surface area (Å²) in [5.41, 5.74) is -0.804. The van der Waals surface area contributed by atoms with Crippen LogP contribution in [0.15, 0.2) is 30.7 Å². The zero-order valence-electron chi connectivity index (χ0n) is 15.1. The van der Waals surface area contributed by atoms with Crippen molar-refractivity contribution in [3.63, 3.8) is 0 Å². The molecule has 0 radical (unpaired) electrons. The van der Waals surface area contributed by atoms with E-state index in [1.165, 1.54) is 23.1 Å². The summed E-state index contributed by atoms with van der Waals surface area (Å²) in [7, 11) is 0. The highest BCUT2D eigenvalue weighted by Crippen LogP contribution is 2.34. The van der Waals surface area contributed by atoms with E-state index in [4.69, 9.17) is 4.74 Å². The third kappa shape index (κ3) is 4.26. The highest BCUT2D eigenvalue weighted by Gasteiger charge is 2.35. The number of ether oxygens (including phenoxy) is 1. The van der Waals surface area contributed by atoms with Gasteiger partial charge in [0.15, 0.2) is 0 Å². The molecule has 0 aliphatic heterocycles. The molecule has 0 aliphatic rings. The van der Waals surface area contributed by atoms with E-state index >= 15 is 0 Å². The molecular formula is C17H19F3N6O. The first-order valence-corrected chi connectivity index (χ1v) is 8.32. The number of aromatic nitrogens is 5. The number of nitrogens with zero attached hydrogens (tertiary/aromatic N) is 5. The number of anilines is 1. The molecule has 3 rings (SSSR count). The fourth-order valence-electron chi connectivity index (χ4n) is 2.48. The second kappa shape index (κ2) is 7.01. The summed E-state index contributed by atoms with van der Waals surface area (Å²) in [6.45, 7) is 5.52. The first kappa shape index (κ1) is 18.9. The molecule has 0 fully saturated rings. The molecule has 144 valence electrons. The standard InChI is InChI=1S/C17H19F3N6O/c1-4-11-8-13(26-15(24-11)22-10-23-26)25-16(2,3)9-27-14-12(17(18,19)20)6-5-7-21-14/h5-8,10,25H,4,9H2,1-3H3. The number of aryl methyl sites for hydroxylation is 1. The number of halogens is 3. The van der Waals surface area contributed by atoms with Gasteiger partial charge in [0.1, 0.15) is 24.3 Å². The fourth-order valence-corrected chi connectivity index (χ4v) is 2.48. The van der Waals surface area contributed by atoms with Gasteiger partial charge in [0, 0.05) is 18.0 Å². The summed E-state index contributed by atoms with van der Waals surface area (Å²) in [6.07, 6.45) is -1.17. The molecule has 0 bridgehead atoms. The van der Waals surface area contributed by atoms with E-state index < -0.39 is 23.2 Å². The number of fused-ring (bicyclic) bond motifs is 1. The molecule has 0 spiro atoms. The van der Waals surface area contributed by atoms with Crippen LogP contribution in [0.3, 0.4) is 0 Å². The number of pyridine rings is 1. The molecule has 0 unspecified atom stereocenters. The van der Waals surface area contributed by atoms with Crippen molar-refractivity contribution in [3.8, 4) is 5.88 Å².